The van der Waals surface area contributed by atoms with Gasteiger partial charge in [0.15, 0.2) is 0 Å². The van der Waals surface area contributed by atoms with Gasteiger partial charge in [0.25, 0.3) is 5.91 Å². The second kappa shape index (κ2) is 6.55. The molecule has 2 aromatic heterocycles. The normalized spacial score (nSPS) is 10.3. The van der Waals surface area contributed by atoms with Gasteiger partial charge in [-0.2, -0.15) is 5.26 Å². The van der Waals surface area contributed by atoms with Gasteiger partial charge in [0.2, 0.25) is 0 Å². The van der Waals surface area contributed by atoms with Crippen LogP contribution in [0.25, 0.3) is 5.69 Å². The molecule has 23 heavy (non-hydrogen) atoms. The molecule has 3 aromatic rings. The smallest absolute Gasteiger partial charge is 0.270 e. The summed E-state index contributed by atoms with van der Waals surface area (Å²) >= 11 is 3.41. The van der Waals surface area contributed by atoms with E-state index in [2.05, 4.69) is 27.3 Å². The van der Waals surface area contributed by atoms with E-state index >= 15 is 0 Å². The number of aromatic nitrogens is 1. The Hall–Kier alpha value is -2.78. The van der Waals surface area contributed by atoms with Gasteiger partial charge in [-0.3, -0.25) is 4.79 Å². The van der Waals surface area contributed by atoms with Gasteiger partial charge in [-0.05, 0) is 36.4 Å². The van der Waals surface area contributed by atoms with E-state index in [1.807, 2.05) is 24.3 Å². The predicted molar refractivity (Wildman–Crippen MR) is 88.1 cm³/mol. The number of hydrogen-bond donors (Lipinski definition) is 1. The van der Waals surface area contributed by atoms with Crippen LogP contribution in [-0.2, 0) is 6.54 Å². The summed E-state index contributed by atoms with van der Waals surface area (Å²) in [5.74, 6) is 0.320. The molecular formula is C17H12BrN3O2. The van der Waals surface area contributed by atoms with Crippen molar-refractivity contribution in [3.05, 3.63) is 76.4 Å². The molecular weight excluding hydrogens is 358 g/mol. The van der Waals surface area contributed by atoms with Crippen LogP contribution in [-0.4, -0.2) is 10.5 Å². The minimum absolute atomic E-state index is 0.264. The third-order valence-electron chi connectivity index (χ3n) is 3.31. The fraction of sp³-hybridized carbons (Fsp3) is 0.0588. The predicted octanol–water partition coefficient (Wildman–Crippen LogP) is 3.63. The number of carbonyl (C=O) groups excluding carboxylic acids is 1. The Labute approximate surface area is 141 Å². The van der Waals surface area contributed by atoms with Crippen molar-refractivity contribution in [3.63, 3.8) is 0 Å². The van der Waals surface area contributed by atoms with E-state index in [4.69, 9.17) is 4.42 Å². The fourth-order valence-electron chi connectivity index (χ4n) is 2.26. The molecule has 1 amide bonds. The van der Waals surface area contributed by atoms with Crippen molar-refractivity contribution in [1.29, 1.82) is 5.26 Å². The van der Waals surface area contributed by atoms with Gasteiger partial charge in [-0.25, -0.2) is 0 Å². The summed E-state index contributed by atoms with van der Waals surface area (Å²) in [6.07, 6.45) is 3.26. The van der Waals surface area contributed by atoms with Crippen LogP contribution in [0.2, 0.25) is 0 Å². The van der Waals surface area contributed by atoms with Crippen LogP contribution < -0.4 is 5.32 Å². The summed E-state index contributed by atoms with van der Waals surface area (Å²) in [5, 5.41) is 12.0. The van der Waals surface area contributed by atoms with Crippen LogP contribution in [0.4, 0.5) is 0 Å². The molecule has 0 aliphatic heterocycles. The number of nitriles is 1. The molecule has 1 N–H and O–H groups in total. The molecule has 0 spiro atoms. The Bertz CT molecular complexity index is 876. The average Bonchev–Trinajstić information content (AvgIpc) is 3.21. The van der Waals surface area contributed by atoms with Gasteiger partial charge in [-0.15, -0.1) is 0 Å². The molecule has 1 aromatic carbocycles. The molecule has 3 rings (SSSR count). The summed E-state index contributed by atoms with van der Waals surface area (Å²) in [7, 11) is 0. The Morgan fingerprint density at radius 2 is 2.17 bits per heavy atom. The third kappa shape index (κ3) is 3.20. The standard InChI is InChI=1S/C17H12BrN3O2/c18-13-3-1-4-14(9-13)21-7-6-12(10-19)16(21)17(22)20-11-15-5-2-8-23-15/h1-9H,11H2,(H,20,22). The maximum atomic E-state index is 12.5. The van der Waals surface area contributed by atoms with Gasteiger partial charge in [0, 0.05) is 16.4 Å². The Kier molecular flexibility index (Phi) is 4.31. The zero-order valence-corrected chi connectivity index (χ0v) is 13.6. The molecule has 0 saturated carbocycles. The molecule has 2 heterocycles. The maximum absolute atomic E-state index is 12.5. The van der Waals surface area contributed by atoms with Gasteiger partial charge in [0.1, 0.15) is 17.5 Å². The van der Waals surface area contributed by atoms with Crippen LogP contribution >= 0.6 is 15.9 Å². The highest BCUT2D eigenvalue weighted by Gasteiger charge is 2.18. The van der Waals surface area contributed by atoms with Crippen molar-refractivity contribution < 1.29 is 9.21 Å². The lowest BCUT2D eigenvalue weighted by Crippen LogP contribution is -2.25. The zero-order chi connectivity index (χ0) is 16.2. The second-order valence-corrected chi connectivity index (χ2v) is 5.72. The van der Waals surface area contributed by atoms with Gasteiger partial charge in [0.05, 0.1) is 18.4 Å². The van der Waals surface area contributed by atoms with Crippen molar-refractivity contribution in [2.75, 3.05) is 0 Å². The molecule has 0 aliphatic carbocycles. The first kappa shape index (κ1) is 15.1. The quantitative estimate of drug-likeness (QED) is 0.762. The molecule has 5 nitrogen and oxygen atoms in total. The number of benzene rings is 1. The van der Waals surface area contributed by atoms with Crippen LogP contribution in [0.15, 0.2) is 63.8 Å². The molecule has 0 radical (unpaired) electrons. The first-order valence-corrected chi connectivity index (χ1v) is 7.66. The van der Waals surface area contributed by atoms with Crippen molar-refractivity contribution in [2.45, 2.75) is 6.54 Å². The molecule has 0 atom stereocenters. The molecule has 0 aliphatic rings. The maximum Gasteiger partial charge on any atom is 0.270 e. The number of nitrogens with one attached hydrogen (secondary N) is 1. The van der Waals surface area contributed by atoms with Crippen molar-refractivity contribution in [3.8, 4) is 11.8 Å². The van der Waals surface area contributed by atoms with E-state index in [-0.39, 0.29) is 12.5 Å². The average molecular weight is 370 g/mol. The SMILES string of the molecule is N#Cc1ccn(-c2cccc(Br)c2)c1C(=O)NCc1ccco1. The van der Waals surface area contributed by atoms with Crippen molar-refractivity contribution in [2.24, 2.45) is 0 Å². The lowest BCUT2D eigenvalue weighted by molar-refractivity contribution is 0.0941. The second-order valence-electron chi connectivity index (χ2n) is 4.80. The van der Waals surface area contributed by atoms with Gasteiger partial charge < -0.3 is 14.3 Å². The van der Waals surface area contributed by atoms with Crippen LogP contribution in [0, 0.1) is 11.3 Å². The minimum atomic E-state index is -0.331. The molecule has 114 valence electrons. The molecule has 6 heteroatoms. The van der Waals surface area contributed by atoms with Crippen LogP contribution in [0.3, 0.4) is 0 Å². The Morgan fingerprint density at radius 1 is 1.30 bits per heavy atom. The molecule has 0 unspecified atom stereocenters. The number of halogens is 1. The first-order valence-electron chi connectivity index (χ1n) is 6.87. The number of amides is 1. The number of nitrogens with zero attached hydrogens (tertiary/aromatic N) is 2. The summed E-state index contributed by atoms with van der Waals surface area (Å²) in [4.78, 5) is 12.5. The first-order chi connectivity index (χ1) is 11.2. The number of hydrogen-bond acceptors (Lipinski definition) is 3. The Balaban J connectivity index is 1.92. The van der Waals surface area contributed by atoms with Crippen LogP contribution in [0.5, 0.6) is 0 Å². The van der Waals surface area contributed by atoms with Gasteiger partial charge in [-0.1, -0.05) is 22.0 Å². The van der Waals surface area contributed by atoms with Crippen molar-refractivity contribution >= 4 is 21.8 Å². The molecule has 0 fully saturated rings. The number of carbonyl (C=O) groups is 1. The fourth-order valence-corrected chi connectivity index (χ4v) is 2.65. The van der Waals surface area contributed by atoms with E-state index in [1.54, 1.807) is 35.2 Å². The molecule has 0 saturated heterocycles. The lowest BCUT2D eigenvalue weighted by atomic mass is 10.2. The number of furan rings is 1. The summed E-state index contributed by atoms with van der Waals surface area (Å²) in [5.41, 5.74) is 1.42. The summed E-state index contributed by atoms with van der Waals surface area (Å²) in [6, 6.07) is 14.7. The summed E-state index contributed by atoms with van der Waals surface area (Å²) in [6.45, 7) is 0.264. The minimum Gasteiger partial charge on any atom is -0.467 e. The largest absolute Gasteiger partial charge is 0.467 e. The van der Waals surface area contributed by atoms with E-state index in [1.165, 1.54) is 0 Å². The summed E-state index contributed by atoms with van der Waals surface area (Å²) < 4.78 is 7.78. The zero-order valence-electron chi connectivity index (χ0n) is 12.0. The monoisotopic (exact) mass is 369 g/mol. The van der Waals surface area contributed by atoms with E-state index < -0.39 is 0 Å². The topological polar surface area (TPSA) is 71.0 Å². The molecule has 0 bridgehead atoms. The highest BCUT2D eigenvalue weighted by molar-refractivity contribution is 9.10. The Morgan fingerprint density at radius 3 is 2.87 bits per heavy atom. The van der Waals surface area contributed by atoms with Crippen LogP contribution in [0.1, 0.15) is 21.8 Å². The third-order valence-corrected chi connectivity index (χ3v) is 3.80. The van der Waals surface area contributed by atoms with E-state index in [9.17, 15) is 10.1 Å². The number of rotatable bonds is 4. The van der Waals surface area contributed by atoms with Gasteiger partial charge >= 0.3 is 0 Å². The highest BCUT2D eigenvalue weighted by atomic mass is 79.9. The van der Waals surface area contributed by atoms with E-state index in [0.29, 0.717) is 17.0 Å². The van der Waals surface area contributed by atoms with E-state index in [0.717, 1.165) is 10.2 Å². The highest BCUT2D eigenvalue weighted by Crippen LogP contribution is 2.20. The van der Waals surface area contributed by atoms with Crippen molar-refractivity contribution in [1.82, 2.24) is 9.88 Å². The lowest BCUT2D eigenvalue weighted by Gasteiger charge is -2.10.